The topological polar surface area (TPSA) is 65.7 Å². The largest absolute Gasteiger partial charge is 0.479 e. The van der Waals surface area contributed by atoms with Crippen LogP contribution >= 0.6 is 0 Å². The molecule has 1 unspecified atom stereocenters. The van der Waals surface area contributed by atoms with Gasteiger partial charge >= 0.3 is 5.97 Å². The quantitative estimate of drug-likeness (QED) is 0.275. The van der Waals surface area contributed by atoms with Crippen LogP contribution in [0.4, 0.5) is 0 Å². The lowest BCUT2D eigenvalue weighted by molar-refractivity contribution is -0.149. The number of fused-ring (bicyclic) bond motifs is 1. The highest BCUT2D eigenvalue weighted by Crippen LogP contribution is 2.24. The van der Waals surface area contributed by atoms with Crippen molar-refractivity contribution in [2.45, 2.75) is 58.0 Å². The van der Waals surface area contributed by atoms with Crippen molar-refractivity contribution in [3.05, 3.63) is 65.0 Å². The molecule has 0 aliphatic heterocycles. The van der Waals surface area contributed by atoms with Crippen LogP contribution in [0.2, 0.25) is 0 Å². The number of carbonyl (C=O) groups is 1. The lowest BCUT2D eigenvalue weighted by Crippen LogP contribution is -2.28. The van der Waals surface area contributed by atoms with Gasteiger partial charge in [-0.05, 0) is 30.5 Å². The Morgan fingerprint density at radius 3 is 2.48 bits per heavy atom. The molecule has 3 rings (SSSR count). The summed E-state index contributed by atoms with van der Waals surface area (Å²) in [5.41, 5.74) is 1.64. The first-order valence-corrected chi connectivity index (χ1v) is 11.0. The van der Waals surface area contributed by atoms with Crippen LogP contribution in [0.25, 0.3) is 22.1 Å². The minimum Gasteiger partial charge on any atom is -0.479 e. The Bertz CT molecular complexity index is 1040. The Morgan fingerprint density at radius 1 is 1.00 bits per heavy atom. The van der Waals surface area contributed by atoms with Gasteiger partial charge in [0.25, 0.3) is 0 Å². The molecule has 5 heteroatoms. The Hall–Kier alpha value is -3.08. The molecule has 0 amide bonds. The number of hydrogen-bond acceptors (Lipinski definition) is 5. The fourth-order valence-corrected chi connectivity index (χ4v) is 3.63. The van der Waals surface area contributed by atoms with Gasteiger partial charge in [0.2, 0.25) is 0 Å². The zero-order valence-corrected chi connectivity index (χ0v) is 18.3. The maximum atomic E-state index is 12.9. The van der Waals surface area contributed by atoms with E-state index in [0.717, 1.165) is 24.8 Å². The molecule has 0 N–H and O–H groups in total. The molecule has 1 atom stereocenters. The molecule has 0 saturated heterocycles. The summed E-state index contributed by atoms with van der Waals surface area (Å²) >= 11 is 0. The number of esters is 1. The first-order valence-electron chi connectivity index (χ1n) is 11.0. The fraction of sp³-hybridized carbons (Fsp3) is 0.385. The number of rotatable bonds is 11. The summed E-state index contributed by atoms with van der Waals surface area (Å²) in [5.74, 6) is 0.0824. The Kier molecular flexibility index (Phi) is 8.27. The summed E-state index contributed by atoms with van der Waals surface area (Å²) in [5, 5.41) is 0.472. The monoisotopic (exact) mass is 422 g/mol. The summed E-state index contributed by atoms with van der Waals surface area (Å²) < 4.78 is 16.6. The van der Waals surface area contributed by atoms with Gasteiger partial charge in [-0.2, -0.15) is 0 Å². The van der Waals surface area contributed by atoms with E-state index in [1.807, 2.05) is 30.3 Å². The van der Waals surface area contributed by atoms with E-state index in [2.05, 4.69) is 6.92 Å². The van der Waals surface area contributed by atoms with Gasteiger partial charge in [0.05, 0.1) is 18.1 Å². The average molecular weight is 423 g/mol. The molecule has 0 aliphatic rings. The molecule has 0 aliphatic carbocycles. The number of ether oxygens (including phenoxy) is 2. The highest BCUT2D eigenvalue weighted by atomic mass is 16.6. The molecular formula is C26H30O5. The summed E-state index contributed by atoms with van der Waals surface area (Å²) in [4.78, 5) is 25.1. The minimum absolute atomic E-state index is 0.101. The van der Waals surface area contributed by atoms with E-state index in [1.165, 1.54) is 32.6 Å². The Labute approximate surface area is 183 Å². The SMILES string of the molecule is CCCCCCCCC(Oc1ccc2c(=O)c(-c3ccccc3)coc2c1)C(=O)OC. The molecule has 164 valence electrons. The van der Waals surface area contributed by atoms with Gasteiger partial charge in [-0.1, -0.05) is 69.4 Å². The van der Waals surface area contributed by atoms with Crippen molar-refractivity contribution >= 4 is 16.9 Å². The van der Waals surface area contributed by atoms with Crippen molar-refractivity contribution in [3.63, 3.8) is 0 Å². The van der Waals surface area contributed by atoms with E-state index in [4.69, 9.17) is 13.9 Å². The van der Waals surface area contributed by atoms with Crippen LogP contribution in [0, 0.1) is 0 Å². The van der Waals surface area contributed by atoms with E-state index in [9.17, 15) is 9.59 Å². The standard InChI is InChI=1S/C26H30O5/c1-3-4-5-6-7-11-14-23(26(28)29-2)31-20-15-16-21-24(17-20)30-18-22(25(21)27)19-12-9-8-10-13-19/h8-10,12-13,15-18,23H,3-7,11,14H2,1-2H3. The molecule has 0 fully saturated rings. The Balaban J connectivity index is 1.73. The van der Waals surface area contributed by atoms with E-state index in [0.29, 0.717) is 28.7 Å². The molecule has 0 saturated carbocycles. The normalized spacial score (nSPS) is 11.9. The summed E-state index contributed by atoms with van der Waals surface area (Å²) in [7, 11) is 1.37. The first kappa shape index (κ1) is 22.6. The first-order chi connectivity index (χ1) is 15.1. The maximum absolute atomic E-state index is 12.9. The summed E-state index contributed by atoms with van der Waals surface area (Å²) in [6.45, 7) is 2.19. The lowest BCUT2D eigenvalue weighted by atomic mass is 10.1. The van der Waals surface area contributed by atoms with Gasteiger partial charge in [0.1, 0.15) is 17.6 Å². The number of carbonyl (C=O) groups excluding carboxylic acids is 1. The maximum Gasteiger partial charge on any atom is 0.347 e. The van der Waals surface area contributed by atoms with Crippen LogP contribution < -0.4 is 10.2 Å². The molecule has 0 spiro atoms. The number of unbranched alkanes of at least 4 members (excludes halogenated alkanes) is 5. The van der Waals surface area contributed by atoms with Gasteiger partial charge in [0, 0.05) is 6.07 Å². The van der Waals surface area contributed by atoms with E-state index in [1.54, 1.807) is 18.2 Å². The molecule has 3 aromatic rings. The van der Waals surface area contributed by atoms with Crippen LogP contribution in [0.5, 0.6) is 5.75 Å². The van der Waals surface area contributed by atoms with Crippen molar-refractivity contribution in [2.75, 3.05) is 7.11 Å². The third-order valence-electron chi connectivity index (χ3n) is 5.39. The van der Waals surface area contributed by atoms with E-state index in [-0.39, 0.29) is 5.43 Å². The molecule has 0 bridgehead atoms. The zero-order valence-electron chi connectivity index (χ0n) is 18.3. The van der Waals surface area contributed by atoms with Gasteiger partial charge < -0.3 is 13.9 Å². The van der Waals surface area contributed by atoms with Crippen molar-refractivity contribution in [2.24, 2.45) is 0 Å². The molecule has 1 heterocycles. The number of hydrogen-bond donors (Lipinski definition) is 0. The molecule has 0 radical (unpaired) electrons. The third kappa shape index (κ3) is 5.97. The van der Waals surface area contributed by atoms with Crippen LogP contribution in [0.15, 0.2) is 64.0 Å². The molecule has 2 aromatic carbocycles. The van der Waals surface area contributed by atoms with Gasteiger partial charge in [0.15, 0.2) is 11.5 Å². The van der Waals surface area contributed by atoms with Crippen molar-refractivity contribution in [1.82, 2.24) is 0 Å². The second-order valence-corrected chi connectivity index (χ2v) is 7.69. The Morgan fingerprint density at radius 2 is 1.74 bits per heavy atom. The van der Waals surface area contributed by atoms with Crippen LogP contribution in [0.3, 0.4) is 0 Å². The van der Waals surface area contributed by atoms with Crippen molar-refractivity contribution in [3.8, 4) is 16.9 Å². The third-order valence-corrected chi connectivity index (χ3v) is 5.39. The summed E-state index contributed by atoms with van der Waals surface area (Å²) in [6, 6.07) is 14.4. The highest BCUT2D eigenvalue weighted by Gasteiger charge is 2.21. The number of benzene rings is 2. The predicted octanol–water partition coefficient (Wildman–Crippen LogP) is 6.13. The molecule has 31 heavy (non-hydrogen) atoms. The smallest absolute Gasteiger partial charge is 0.347 e. The number of methoxy groups -OCH3 is 1. The lowest BCUT2D eigenvalue weighted by Gasteiger charge is -2.17. The van der Waals surface area contributed by atoms with Gasteiger partial charge in [-0.3, -0.25) is 4.79 Å². The van der Waals surface area contributed by atoms with Crippen LogP contribution in [-0.4, -0.2) is 19.2 Å². The zero-order chi connectivity index (χ0) is 22.1. The average Bonchev–Trinajstić information content (AvgIpc) is 2.80. The van der Waals surface area contributed by atoms with E-state index >= 15 is 0 Å². The highest BCUT2D eigenvalue weighted by molar-refractivity contribution is 5.83. The predicted molar refractivity (Wildman–Crippen MR) is 122 cm³/mol. The van der Waals surface area contributed by atoms with Crippen LogP contribution in [-0.2, 0) is 9.53 Å². The molecular weight excluding hydrogens is 392 g/mol. The minimum atomic E-state index is -0.677. The van der Waals surface area contributed by atoms with Gasteiger partial charge in [-0.15, -0.1) is 0 Å². The second kappa shape index (κ2) is 11.3. The molecule has 5 nitrogen and oxygen atoms in total. The van der Waals surface area contributed by atoms with Gasteiger partial charge in [-0.25, -0.2) is 4.79 Å². The van der Waals surface area contributed by atoms with Crippen LogP contribution in [0.1, 0.15) is 51.9 Å². The summed E-state index contributed by atoms with van der Waals surface area (Å²) in [6.07, 6.45) is 8.17. The van der Waals surface area contributed by atoms with E-state index < -0.39 is 12.1 Å². The molecule has 1 aromatic heterocycles. The van der Waals surface area contributed by atoms with Crippen molar-refractivity contribution < 1.29 is 18.7 Å². The fourth-order valence-electron chi connectivity index (χ4n) is 3.63. The second-order valence-electron chi connectivity index (χ2n) is 7.69. The van der Waals surface area contributed by atoms with Crippen molar-refractivity contribution in [1.29, 1.82) is 0 Å².